The number of carbonyl (C=O) groups is 1. The van der Waals surface area contributed by atoms with Crippen molar-refractivity contribution in [2.24, 2.45) is 0 Å². The van der Waals surface area contributed by atoms with E-state index in [1.54, 1.807) is 0 Å². The molecule has 1 aliphatic rings. The molecule has 2 unspecified atom stereocenters. The fraction of sp³-hybridized carbons (Fsp3) is 0.923. The molecular formula is C13H26N2O. The van der Waals surface area contributed by atoms with Crippen LogP contribution in [0.25, 0.3) is 0 Å². The van der Waals surface area contributed by atoms with Crippen LogP contribution < -0.4 is 5.32 Å². The zero-order valence-corrected chi connectivity index (χ0v) is 11.0. The molecule has 0 radical (unpaired) electrons. The van der Waals surface area contributed by atoms with E-state index in [1.165, 1.54) is 12.8 Å². The van der Waals surface area contributed by atoms with E-state index in [-0.39, 0.29) is 6.17 Å². The summed E-state index contributed by atoms with van der Waals surface area (Å²) in [6, 6.07) is 0.456. The van der Waals surface area contributed by atoms with Gasteiger partial charge >= 0.3 is 0 Å². The van der Waals surface area contributed by atoms with Gasteiger partial charge in [0.25, 0.3) is 0 Å². The van der Waals surface area contributed by atoms with Crippen molar-refractivity contribution in [2.75, 3.05) is 6.54 Å². The number of hydrogen-bond donors (Lipinski definition) is 1. The van der Waals surface area contributed by atoms with Gasteiger partial charge in [-0.3, -0.25) is 10.1 Å². The molecule has 1 amide bonds. The monoisotopic (exact) mass is 226 g/mol. The van der Waals surface area contributed by atoms with Gasteiger partial charge in [0.2, 0.25) is 5.91 Å². The number of carbonyl (C=O) groups excluding carboxylic acids is 1. The molecule has 3 nitrogen and oxygen atoms in total. The molecule has 3 heteroatoms. The van der Waals surface area contributed by atoms with Crippen LogP contribution in [0.4, 0.5) is 0 Å². The Bertz CT molecular complexity index is 218. The zero-order valence-electron chi connectivity index (χ0n) is 11.0. The molecule has 1 rings (SSSR count). The van der Waals surface area contributed by atoms with Crippen molar-refractivity contribution in [3.8, 4) is 0 Å². The van der Waals surface area contributed by atoms with Gasteiger partial charge in [-0.15, -0.1) is 0 Å². The summed E-state index contributed by atoms with van der Waals surface area (Å²) in [5.74, 6) is 0.293. The van der Waals surface area contributed by atoms with Gasteiger partial charge in [0, 0.05) is 6.04 Å². The third-order valence-electron chi connectivity index (χ3n) is 3.41. The maximum Gasteiger partial charge on any atom is 0.238 e. The van der Waals surface area contributed by atoms with Crippen molar-refractivity contribution < 1.29 is 4.79 Å². The van der Waals surface area contributed by atoms with Crippen molar-refractivity contribution in [3.05, 3.63) is 0 Å². The van der Waals surface area contributed by atoms with E-state index in [9.17, 15) is 4.79 Å². The van der Waals surface area contributed by atoms with Crippen molar-refractivity contribution in [3.63, 3.8) is 0 Å². The van der Waals surface area contributed by atoms with E-state index >= 15 is 0 Å². The van der Waals surface area contributed by atoms with E-state index in [1.807, 2.05) is 0 Å². The summed E-state index contributed by atoms with van der Waals surface area (Å²) < 4.78 is 0. The smallest absolute Gasteiger partial charge is 0.238 e. The number of unbranched alkanes of at least 4 members (excludes halogenated alkanes) is 1. The Morgan fingerprint density at radius 2 is 2.06 bits per heavy atom. The summed E-state index contributed by atoms with van der Waals surface area (Å²) in [4.78, 5) is 14.0. The van der Waals surface area contributed by atoms with E-state index in [4.69, 9.17) is 0 Å². The topological polar surface area (TPSA) is 32.3 Å². The highest BCUT2D eigenvalue weighted by Crippen LogP contribution is 2.20. The molecule has 0 aliphatic carbocycles. The van der Waals surface area contributed by atoms with Crippen LogP contribution in [0.1, 0.15) is 59.3 Å². The Morgan fingerprint density at radius 3 is 2.62 bits per heavy atom. The minimum atomic E-state index is 0.279. The van der Waals surface area contributed by atoms with E-state index < -0.39 is 0 Å². The van der Waals surface area contributed by atoms with Crippen LogP contribution in [-0.2, 0) is 4.79 Å². The van der Waals surface area contributed by atoms with Gasteiger partial charge < -0.3 is 4.90 Å². The minimum absolute atomic E-state index is 0.279. The van der Waals surface area contributed by atoms with Crippen molar-refractivity contribution >= 4 is 5.91 Å². The molecule has 1 fully saturated rings. The van der Waals surface area contributed by atoms with Gasteiger partial charge in [0.1, 0.15) is 0 Å². The Morgan fingerprint density at radius 1 is 1.31 bits per heavy atom. The van der Waals surface area contributed by atoms with Gasteiger partial charge in [-0.05, 0) is 19.3 Å². The molecule has 0 spiro atoms. The maximum absolute atomic E-state index is 11.9. The zero-order chi connectivity index (χ0) is 12.0. The molecule has 0 aromatic heterocycles. The average Bonchev–Trinajstić information content (AvgIpc) is 2.66. The van der Waals surface area contributed by atoms with Crippen molar-refractivity contribution in [2.45, 2.75) is 71.5 Å². The van der Waals surface area contributed by atoms with E-state index in [0.717, 1.165) is 25.7 Å². The predicted octanol–water partition coefficient (Wildman–Crippen LogP) is 2.51. The Hall–Kier alpha value is -0.570. The normalized spacial score (nSPS) is 22.8. The molecule has 0 saturated carbocycles. The third-order valence-corrected chi connectivity index (χ3v) is 3.41. The Kier molecular flexibility index (Phi) is 5.81. The van der Waals surface area contributed by atoms with Gasteiger partial charge in [-0.25, -0.2) is 0 Å². The SMILES string of the molecule is CCCCC(CCC)N1C(=O)CNC1CC. The number of rotatable bonds is 7. The lowest BCUT2D eigenvalue weighted by molar-refractivity contribution is -0.130. The van der Waals surface area contributed by atoms with Gasteiger partial charge in [-0.2, -0.15) is 0 Å². The standard InChI is InChI=1S/C13H26N2O/c1-4-7-9-11(8-5-2)15-12(6-3)14-10-13(15)16/h11-12,14H,4-10H2,1-3H3. The summed E-state index contributed by atoms with van der Waals surface area (Å²) in [5.41, 5.74) is 0. The fourth-order valence-corrected chi connectivity index (χ4v) is 2.56. The first-order chi connectivity index (χ1) is 7.74. The predicted molar refractivity (Wildman–Crippen MR) is 67.1 cm³/mol. The number of amides is 1. The molecule has 1 N–H and O–H groups in total. The van der Waals surface area contributed by atoms with Crippen LogP contribution in [0.2, 0.25) is 0 Å². The molecule has 0 aromatic rings. The summed E-state index contributed by atoms with van der Waals surface area (Å²) in [6.45, 7) is 7.09. The Balaban J connectivity index is 2.62. The average molecular weight is 226 g/mol. The van der Waals surface area contributed by atoms with Gasteiger partial charge in [-0.1, -0.05) is 40.0 Å². The van der Waals surface area contributed by atoms with E-state index in [2.05, 4.69) is 31.0 Å². The lowest BCUT2D eigenvalue weighted by Gasteiger charge is -2.32. The van der Waals surface area contributed by atoms with Gasteiger partial charge in [0.15, 0.2) is 0 Å². The summed E-state index contributed by atoms with van der Waals surface area (Å²) in [5, 5.41) is 3.30. The molecule has 16 heavy (non-hydrogen) atoms. The number of nitrogens with one attached hydrogen (secondary N) is 1. The van der Waals surface area contributed by atoms with Crippen LogP contribution in [0.3, 0.4) is 0 Å². The maximum atomic E-state index is 11.9. The van der Waals surface area contributed by atoms with Crippen LogP contribution in [-0.4, -0.2) is 29.6 Å². The first-order valence-electron chi connectivity index (χ1n) is 6.79. The number of hydrogen-bond acceptors (Lipinski definition) is 2. The van der Waals surface area contributed by atoms with Crippen LogP contribution in [0, 0.1) is 0 Å². The summed E-state index contributed by atoms with van der Waals surface area (Å²) in [7, 11) is 0. The Labute approximate surface area is 99.6 Å². The van der Waals surface area contributed by atoms with E-state index in [0.29, 0.717) is 18.5 Å². The lowest BCUT2D eigenvalue weighted by Crippen LogP contribution is -2.44. The molecule has 1 saturated heterocycles. The molecule has 0 aromatic carbocycles. The second kappa shape index (κ2) is 6.89. The quantitative estimate of drug-likeness (QED) is 0.723. The highest BCUT2D eigenvalue weighted by Gasteiger charge is 2.33. The van der Waals surface area contributed by atoms with Crippen molar-refractivity contribution in [1.29, 1.82) is 0 Å². The number of nitrogens with zero attached hydrogens (tertiary/aromatic N) is 1. The second-order valence-electron chi connectivity index (χ2n) is 4.69. The minimum Gasteiger partial charge on any atom is -0.323 e. The molecule has 0 bridgehead atoms. The highest BCUT2D eigenvalue weighted by atomic mass is 16.2. The second-order valence-corrected chi connectivity index (χ2v) is 4.69. The fourth-order valence-electron chi connectivity index (χ4n) is 2.56. The third kappa shape index (κ3) is 3.21. The summed E-state index contributed by atoms with van der Waals surface area (Å²) in [6.07, 6.45) is 7.20. The summed E-state index contributed by atoms with van der Waals surface area (Å²) >= 11 is 0. The van der Waals surface area contributed by atoms with Crippen LogP contribution >= 0.6 is 0 Å². The first kappa shape index (κ1) is 13.5. The van der Waals surface area contributed by atoms with Crippen LogP contribution in [0.5, 0.6) is 0 Å². The molecule has 94 valence electrons. The van der Waals surface area contributed by atoms with Crippen molar-refractivity contribution in [1.82, 2.24) is 10.2 Å². The van der Waals surface area contributed by atoms with Crippen LogP contribution in [0.15, 0.2) is 0 Å². The lowest BCUT2D eigenvalue weighted by atomic mass is 10.0. The molecular weight excluding hydrogens is 200 g/mol. The molecule has 2 atom stereocenters. The highest BCUT2D eigenvalue weighted by molar-refractivity contribution is 5.81. The first-order valence-corrected chi connectivity index (χ1v) is 6.79. The largest absolute Gasteiger partial charge is 0.323 e. The molecule has 1 heterocycles. The molecule has 1 aliphatic heterocycles. The van der Waals surface area contributed by atoms with Gasteiger partial charge in [0.05, 0.1) is 12.7 Å².